The third kappa shape index (κ3) is 6.08. The van der Waals surface area contributed by atoms with Crippen LogP contribution in [0.5, 0.6) is 0 Å². The summed E-state index contributed by atoms with van der Waals surface area (Å²) in [5.41, 5.74) is 0. The largest absolute Gasteiger partial charge is 0.342 e. The van der Waals surface area contributed by atoms with Crippen LogP contribution >= 0.6 is 0 Å². The normalized spacial score (nSPS) is 11.9. The Labute approximate surface area is 92.3 Å². The molecule has 0 bridgehead atoms. The van der Waals surface area contributed by atoms with Crippen LogP contribution in [0.15, 0.2) is 0 Å². The number of hydrogen-bond donors (Lipinski definition) is 1. The molecule has 0 aromatic carbocycles. The van der Waals surface area contributed by atoms with Crippen LogP contribution in [-0.4, -0.2) is 37.0 Å². The van der Waals surface area contributed by atoms with Crippen LogP contribution in [0.1, 0.15) is 27.2 Å². The lowest BCUT2D eigenvalue weighted by atomic mass is 10.2. The average Bonchev–Trinajstić information content (AvgIpc) is 2.25. The van der Waals surface area contributed by atoms with Crippen molar-refractivity contribution in [1.82, 2.24) is 10.2 Å². The number of carbonyl (C=O) groups is 1. The van der Waals surface area contributed by atoms with Crippen molar-refractivity contribution in [3.05, 3.63) is 0 Å². The van der Waals surface area contributed by atoms with Crippen molar-refractivity contribution in [2.75, 3.05) is 26.2 Å². The van der Waals surface area contributed by atoms with Gasteiger partial charge in [-0.05, 0) is 20.4 Å². The van der Waals surface area contributed by atoms with Crippen molar-refractivity contribution in [3.8, 4) is 6.07 Å². The van der Waals surface area contributed by atoms with Crippen molar-refractivity contribution in [3.63, 3.8) is 0 Å². The molecule has 1 unspecified atom stereocenters. The van der Waals surface area contributed by atoms with Gasteiger partial charge in [-0.15, -0.1) is 0 Å². The molecule has 0 saturated heterocycles. The van der Waals surface area contributed by atoms with E-state index in [1.165, 1.54) is 0 Å². The van der Waals surface area contributed by atoms with E-state index in [1.54, 1.807) is 4.90 Å². The Morgan fingerprint density at radius 1 is 1.53 bits per heavy atom. The van der Waals surface area contributed by atoms with Gasteiger partial charge in [0, 0.05) is 26.1 Å². The summed E-state index contributed by atoms with van der Waals surface area (Å²) in [6.45, 7) is 8.60. The molecule has 15 heavy (non-hydrogen) atoms. The molecular weight excluding hydrogens is 190 g/mol. The highest BCUT2D eigenvalue weighted by molar-refractivity contribution is 5.76. The van der Waals surface area contributed by atoms with Gasteiger partial charge in [-0.25, -0.2) is 0 Å². The predicted molar refractivity (Wildman–Crippen MR) is 60.2 cm³/mol. The zero-order chi connectivity index (χ0) is 11.7. The molecule has 0 spiro atoms. The van der Waals surface area contributed by atoms with Gasteiger partial charge in [-0.3, -0.25) is 4.79 Å². The van der Waals surface area contributed by atoms with E-state index < -0.39 is 0 Å². The quantitative estimate of drug-likeness (QED) is 0.639. The topological polar surface area (TPSA) is 56.1 Å². The Hall–Kier alpha value is -1.08. The van der Waals surface area contributed by atoms with E-state index in [4.69, 9.17) is 5.26 Å². The maximum atomic E-state index is 11.7. The van der Waals surface area contributed by atoms with Gasteiger partial charge in [-0.1, -0.05) is 6.92 Å². The molecule has 0 heterocycles. The van der Waals surface area contributed by atoms with Crippen LogP contribution < -0.4 is 5.32 Å². The molecule has 4 heteroatoms. The minimum atomic E-state index is -0.0898. The van der Waals surface area contributed by atoms with Crippen molar-refractivity contribution in [1.29, 1.82) is 5.26 Å². The maximum Gasteiger partial charge on any atom is 0.223 e. The third-order valence-corrected chi connectivity index (χ3v) is 2.21. The van der Waals surface area contributed by atoms with E-state index >= 15 is 0 Å². The highest BCUT2D eigenvalue weighted by Crippen LogP contribution is 2.00. The number of nitriles is 1. The standard InChI is InChI=1S/C11H21N3O/c1-4-13-7-6-11(15)14(5-2)9-10(3)8-12/h10,13H,4-7,9H2,1-3H3. The SMILES string of the molecule is CCNCCC(=O)N(CC)CC(C)C#N. The Morgan fingerprint density at radius 3 is 2.67 bits per heavy atom. The van der Waals surface area contributed by atoms with E-state index in [0.717, 1.165) is 6.54 Å². The van der Waals surface area contributed by atoms with Gasteiger partial charge < -0.3 is 10.2 Å². The van der Waals surface area contributed by atoms with Gasteiger partial charge >= 0.3 is 0 Å². The van der Waals surface area contributed by atoms with Gasteiger partial charge in [0.1, 0.15) is 0 Å². The molecule has 4 nitrogen and oxygen atoms in total. The van der Waals surface area contributed by atoms with Crippen molar-refractivity contribution >= 4 is 5.91 Å². The highest BCUT2D eigenvalue weighted by atomic mass is 16.2. The fourth-order valence-electron chi connectivity index (χ4n) is 1.31. The first kappa shape index (κ1) is 13.9. The maximum absolute atomic E-state index is 11.7. The lowest BCUT2D eigenvalue weighted by molar-refractivity contribution is -0.131. The summed E-state index contributed by atoms with van der Waals surface area (Å²) >= 11 is 0. The zero-order valence-corrected chi connectivity index (χ0v) is 9.92. The molecule has 86 valence electrons. The van der Waals surface area contributed by atoms with E-state index in [1.807, 2.05) is 20.8 Å². The first-order chi connectivity index (χ1) is 7.15. The first-order valence-electron chi connectivity index (χ1n) is 5.53. The molecule has 1 atom stereocenters. The van der Waals surface area contributed by atoms with E-state index in [2.05, 4.69) is 11.4 Å². The summed E-state index contributed by atoms with van der Waals surface area (Å²) in [6.07, 6.45) is 0.514. The molecule has 0 fully saturated rings. The Morgan fingerprint density at radius 2 is 2.20 bits per heavy atom. The summed E-state index contributed by atoms with van der Waals surface area (Å²) in [5, 5.41) is 11.8. The molecule has 0 aliphatic carbocycles. The summed E-state index contributed by atoms with van der Waals surface area (Å²) in [6, 6.07) is 2.14. The number of carbonyl (C=O) groups excluding carboxylic acids is 1. The second-order valence-electron chi connectivity index (χ2n) is 3.57. The molecule has 0 saturated carbocycles. The number of hydrogen-bond acceptors (Lipinski definition) is 3. The van der Waals surface area contributed by atoms with E-state index in [0.29, 0.717) is 26.1 Å². The Balaban J connectivity index is 3.94. The Bertz CT molecular complexity index is 222. The van der Waals surface area contributed by atoms with Gasteiger partial charge in [0.15, 0.2) is 0 Å². The second-order valence-corrected chi connectivity index (χ2v) is 3.57. The van der Waals surface area contributed by atoms with Gasteiger partial charge in [-0.2, -0.15) is 5.26 Å². The number of amides is 1. The summed E-state index contributed by atoms with van der Waals surface area (Å²) in [5.74, 6) is 0.0357. The fourth-order valence-corrected chi connectivity index (χ4v) is 1.31. The van der Waals surface area contributed by atoms with Crippen molar-refractivity contribution in [2.24, 2.45) is 5.92 Å². The van der Waals surface area contributed by atoms with Crippen LogP contribution in [0.25, 0.3) is 0 Å². The van der Waals surface area contributed by atoms with Crippen molar-refractivity contribution < 1.29 is 4.79 Å². The smallest absolute Gasteiger partial charge is 0.223 e. The zero-order valence-electron chi connectivity index (χ0n) is 9.92. The number of nitrogens with one attached hydrogen (secondary N) is 1. The van der Waals surface area contributed by atoms with Gasteiger partial charge in [0.2, 0.25) is 5.91 Å². The van der Waals surface area contributed by atoms with Gasteiger partial charge in [0.05, 0.1) is 12.0 Å². The molecule has 0 aromatic heterocycles. The molecule has 0 aromatic rings. The summed E-state index contributed by atoms with van der Waals surface area (Å²) in [7, 11) is 0. The van der Waals surface area contributed by atoms with Crippen LogP contribution in [-0.2, 0) is 4.79 Å². The molecular formula is C11H21N3O. The highest BCUT2D eigenvalue weighted by Gasteiger charge is 2.13. The van der Waals surface area contributed by atoms with Crippen molar-refractivity contribution in [2.45, 2.75) is 27.2 Å². The van der Waals surface area contributed by atoms with Crippen LogP contribution in [0.2, 0.25) is 0 Å². The predicted octanol–water partition coefficient (Wildman–Crippen LogP) is 0.994. The molecule has 0 radical (unpaired) electrons. The fraction of sp³-hybridized carbons (Fsp3) is 0.818. The average molecular weight is 211 g/mol. The lowest BCUT2D eigenvalue weighted by Gasteiger charge is -2.21. The molecule has 1 N–H and O–H groups in total. The minimum Gasteiger partial charge on any atom is -0.342 e. The minimum absolute atomic E-state index is 0.0898. The lowest BCUT2D eigenvalue weighted by Crippen LogP contribution is -2.36. The molecule has 0 aliphatic rings. The Kier molecular flexibility index (Phi) is 7.65. The molecule has 1 amide bonds. The van der Waals surface area contributed by atoms with E-state index in [-0.39, 0.29) is 11.8 Å². The van der Waals surface area contributed by atoms with Crippen LogP contribution in [0.3, 0.4) is 0 Å². The number of rotatable bonds is 7. The summed E-state index contributed by atoms with van der Waals surface area (Å²) in [4.78, 5) is 13.4. The van der Waals surface area contributed by atoms with Gasteiger partial charge in [0.25, 0.3) is 0 Å². The summed E-state index contributed by atoms with van der Waals surface area (Å²) < 4.78 is 0. The first-order valence-corrected chi connectivity index (χ1v) is 5.53. The number of nitrogens with zero attached hydrogens (tertiary/aromatic N) is 2. The van der Waals surface area contributed by atoms with Crippen LogP contribution in [0, 0.1) is 17.2 Å². The van der Waals surface area contributed by atoms with E-state index in [9.17, 15) is 4.79 Å². The third-order valence-electron chi connectivity index (χ3n) is 2.21. The molecule has 0 rings (SSSR count). The molecule has 0 aliphatic heterocycles. The monoisotopic (exact) mass is 211 g/mol. The van der Waals surface area contributed by atoms with Crippen LogP contribution in [0.4, 0.5) is 0 Å². The second kappa shape index (κ2) is 8.25.